The fourth-order valence-electron chi connectivity index (χ4n) is 2.13. The first kappa shape index (κ1) is 12.7. The van der Waals surface area contributed by atoms with Crippen LogP contribution in [0.2, 0.25) is 5.02 Å². The monoisotopic (exact) mass is 255 g/mol. The maximum absolute atomic E-state index is 10.1. The van der Waals surface area contributed by atoms with E-state index >= 15 is 0 Å². The Labute approximate surface area is 107 Å². The predicted octanol–water partition coefficient (Wildman–Crippen LogP) is 2.44. The van der Waals surface area contributed by atoms with Crippen LogP contribution < -0.4 is 10.5 Å². The van der Waals surface area contributed by atoms with Gasteiger partial charge >= 0.3 is 0 Å². The normalized spacial score (nSPS) is 18.8. The van der Waals surface area contributed by atoms with Crippen LogP contribution in [0.3, 0.4) is 0 Å². The highest BCUT2D eigenvalue weighted by molar-refractivity contribution is 6.30. The van der Waals surface area contributed by atoms with Crippen LogP contribution in [-0.2, 0) is 6.42 Å². The largest absolute Gasteiger partial charge is 0.493 e. The molecule has 0 amide bonds. The number of hydrogen-bond acceptors (Lipinski definition) is 3. The van der Waals surface area contributed by atoms with Gasteiger partial charge in [-0.1, -0.05) is 11.6 Å². The Morgan fingerprint density at radius 3 is 2.88 bits per heavy atom. The molecule has 17 heavy (non-hydrogen) atoms. The lowest BCUT2D eigenvalue weighted by atomic mass is 9.98. The number of aliphatic hydroxyl groups is 1. The number of rotatable bonds is 2. The molecule has 1 aromatic carbocycles. The van der Waals surface area contributed by atoms with Crippen LogP contribution in [0, 0.1) is 0 Å². The molecule has 2 rings (SSSR count). The quantitative estimate of drug-likeness (QED) is 0.854. The van der Waals surface area contributed by atoms with E-state index in [9.17, 15) is 5.11 Å². The molecule has 1 heterocycles. The van der Waals surface area contributed by atoms with E-state index in [4.69, 9.17) is 22.1 Å². The number of ether oxygens (including phenoxy) is 1. The summed E-state index contributed by atoms with van der Waals surface area (Å²) >= 11 is 6.08. The molecule has 3 nitrogen and oxygen atoms in total. The van der Waals surface area contributed by atoms with E-state index in [0.717, 1.165) is 30.6 Å². The average molecular weight is 256 g/mol. The maximum Gasteiger partial charge on any atom is 0.128 e. The van der Waals surface area contributed by atoms with E-state index in [1.165, 1.54) is 0 Å². The molecule has 94 valence electrons. The van der Waals surface area contributed by atoms with Crippen molar-refractivity contribution in [1.82, 2.24) is 0 Å². The van der Waals surface area contributed by atoms with Crippen molar-refractivity contribution in [2.45, 2.75) is 38.3 Å². The fraction of sp³-hybridized carbons (Fsp3) is 0.538. The second-order valence-electron chi connectivity index (χ2n) is 4.59. The molecular formula is C13H18ClNO2. The van der Waals surface area contributed by atoms with Gasteiger partial charge in [0.1, 0.15) is 5.75 Å². The predicted molar refractivity (Wildman–Crippen MR) is 68.5 cm³/mol. The lowest BCUT2D eigenvalue weighted by molar-refractivity contribution is 0.148. The molecule has 4 heteroatoms. The summed E-state index contributed by atoms with van der Waals surface area (Å²) in [5.74, 6) is 0.775. The van der Waals surface area contributed by atoms with Crippen molar-refractivity contribution < 1.29 is 9.84 Å². The van der Waals surface area contributed by atoms with E-state index in [-0.39, 0.29) is 6.04 Å². The Morgan fingerprint density at radius 1 is 1.41 bits per heavy atom. The molecule has 0 aromatic heterocycles. The van der Waals surface area contributed by atoms with Crippen LogP contribution >= 0.6 is 11.6 Å². The summed E-state index contributed by atoms with van der Waals surface area (Å²) in [5.41, 5.74) is 7.53. The Kier molecular flexibility index (Phi) is 3.92. The third-order valence-electron chi connectivity index (χ3n) is 3.06. The zero-order chi connectivity index (χ0) is 12.4. The van der Waals surface area contributed by atoms with Crippen molar-refractivity contribution in [3.63, 3.8) is 0 Å². The first-order valence-corrected chi connectivity index (χ1v) is 6.36. The Bertz CT molecular complexity index is 407. The zero-order valence-corrected chi connectivity index (χ0v) is 10.7. The van der Waals surface area contributed by atoms with Crippen LogP contribution in [0.1, 0.15) is 37.0 Å². The van der Waals surface area contributed by atoms with Crippen molar-refractivity contribution >= 4 is 11.6 Å². The minimum absolute atomic E-state index is 0.343. The van der Waals surface area contributed by atoms with Gasteiger partial charge in [0.2, 0.25) is 0 Å². The van der Waals surface area contributed by atoms with Gasteiger partial charge in [-0.3, -0.25) is 0 Å². The first-order valence-electron chi connectivity index (χ1n) is 5.98. The average Bonchev–Trinajstić information content (AvgIpc) is 2.51. The van der Waals surface area contributed by atoms with Gasteiger partial charge in [-0.2, -0.15) is 0 Å². The van der Waals surface area contributed by atoms with Crippen molar-refractivity contribution in [2.24, 2.45) is 5.73 Å². The molecule has 0 bridgehead atoms. The molecule has 1 aliphatic heterocycles. The molecule has 0 spiro atoms. The Morgan fingerprint density at radius 2 is 2.18 bits per heavy atom. The van der Waals surface area contributed by atoms with Crippen molar-refractivity contribution in [1.29, 1.82) is 0 Å². The minimum atomic E-state index is -0.736. The molecule has 2 atom stereocenters. The fourth-order valence-corrected chi connectivity index (χ4v) is 2.38. The van der Waals surface area contributed by atoms with Gasteiger partial charge in [0.05, 0.1) is 12.7 Å². The van der Waals surface area contributed by atoms with Crippen molar-refractivity contribution in [3.05, 3.63) is 28.3 Å². The second-order valence-corrected chi connectivity index (χ2v) is 5.03. The van der Waals surface area contributed by atoms with Crippen LogP contribution in [-0.4, -0.2) is 17.8 Å². The molecule has 0 aliphatic carbocycles. The highest BCUT2D eigenvalue weighted by Crippen LogP contribution is 2.36. The zero-order valence-electron chi connectivity index (χ0n) is 9.95. The van der Waals surface area contributed by atoms with Crippen LogP contribution in [0.25, 0.3) is 0 Å². The Hall–Kier alpha value is -0.770. The number of halogens is 1. The molecule has 0 radical (unpaired) electrons. The first-order chi connectivity index (χ1) is 8.09. The Balaban J connectivity index is 2.46. The highest BCUT2D eigenvalue weighted by atomic mass is 35.5. The van der Waals surface area contributed by atoms with Gasteiger partial charge in [-0.05, 0) is 43.9 Å². The summed E-state index contributed by atoms with van der Waals surface area (Å²) in [6, 6.07) is 3.32. The van der Waals surface area contributed by atoms with Crippen molar-refractivity contribution in [3.8, 4) is 5.75 Å². The maximum atomic E-state index is 10.1. The van der Waals surface area contributed by atoms with E-state index < -0.39 is 6.10 Å². The number of aliphatic hydroxyl groups excluding tert-OH is 1. The van der Waals surface area contributed by atoms with Crippen LogP contribution in [0.5, 0.6) is 5.75 Å². The number of hydrogen-bond donors (Lipinski definition) is 2. The third-order valence-corrected chi connectivity index (χ3v) is 3.28. The van der Waals surface area contributed by atoms with Crippen LogP contribution in [0.4, 0.5) is 0 Å². The molecule has 1 aliphatic rings. The molecular weight excluding hydrogens is 238 g/mol. The van der Waals surface area contributed by atoms with Gasteiger partial charge in [0.25, 0.3) is 0 Å². The van der Waals surface area contributed by atoms with E-state index in [1.54, 1.807) is 13.0 Å². The number of nitrogens with two attached hydrogens (primary N) is 1. The summed E-state index contributed by atoms with van der Waals surface area (Å²) in [6.45, 7) is 2.46. The van der Waals surface area contributed by atoms with Gasteiger partial charge in [-0.25, -0.2) is 0 Å². The standard InChI is InChI=1S/C13H18ClNO2/c1-8(15)12(16)11-7-10(14)6-9-4-2-3-5-17-13(9)11/h6-8,12,16H,2-5,15H2,1H3. The van der Waals surface area contributed by atoms with E-state index in [0.29, 0.717) is 17.2 Å². The highest BCUT2D eigenvalue weighted by Gasteiger charge is 2.22. The number of fused-ring (bicyclic) bond motifs is 1. The third kappa shape index (κ3) is 2.73. The SMILES string of the molecule is CC(N)C(O)c1cc(Cl)cc2c1OCCCC2. The lowest BCUT2D eigenvalue weighted by Crippen LogP contribution is -2.25. The molecule has 0 fully saturated rings. The van der Waals surface area contributed by atoms with Gasteiger partial charge in [-0.15, -0.1) is 0 Å². The van der Waals surface area contributed by atoms with Gasteiger partial charge in [0.15, 0.2) is 0 Å². The molecule has 1 aromatic rings. The van der Waals surface area contributed by atoms with Crippen molar-refractivity contribution in [2.75, 3.05) is 6.61 Å². The summed E-state index contributed by atoms with van der Waals surface area (Å²) < 4.78 is 5.73. The molecule has 0 saturated carbocycles. The summed E-state index contributed by atoms with van der Waals surface area (Å²) in [4.78, 5) is 0. The van der Waals surface area contributed by atoms with E-state index in [2.05, 4.69) is 0 Å². The summed E-state index contributed by atoms with van der Waals surface area (Å²) in [5, 5.41) is 10.7. The lowest BCUT2D eigenvalue weighted by Gasteiger charge is -2.20. The molecule has 2 unspecified atom stereocenters. The van der Waals surface area contributed by atoms with Gasteiger partial charge < -0.3 is 15.6 Å². The van der Waals surface area contributed by atoms with Crippen LogP contribution in [0.15, 0.2) is 12.1 Å². The number of aryl methyl sites for hydroxylation is 1. The minimum Gasteiger partial charge on any atom is -0.493 e. The molecule has 3 N–H and O–H groups in total. The van der Waals surface area contributed by atoms with Gasteiger partial charge in [0, 0.05) is 16.6 Å². The number of benzene rings is 1. The van der Waals surface area contributed by atoms with E-state index in [1.807, 2.05) is 6.07 Å². The topological polar surface area (TPSA) is 55.5 Å². The summed E-state index contributed by atoms with van der Waals surface area (Å²) in [6.07, 6.45) is 2.32. The molecule has 0 saturated heterocycles. The second kappa shape index (κ2) is 5.25. The summed E-state index contributed by atoms with van der Waals surface area (Å²) in [7, 11) is 0. The smallest absolute Gasteiger partial charge is 0.128 e.